The summed E-state index contributed by atoms with van der Waals surface area (Å²) in [5.41, 5.74) is 8.37. The number of ketones is 1. The molecule has 0 bridgehead atoms. The van der Waals surface area contributed by atoms with Crippen LogP contribution in [-0.4, -0.2) is 5.78 Å². The molecule has 0 aliphatic heterocycles. The number of carbonyl (C=O) groups is 1. The van der Waals surface area contributed by atoms with Crippen LogP contribution in [0.3, 0.4) is 0 Å². The minimum atomic E-state index is -0.0544. The molecule has 2 aromatic carbocycles. The van der Waals surface area contributed by atoms with Gasteiger partial charge in [-0.25, -0.2) is 0 Å². The van der Waals surface area contributed by atoms with Gasteiger partial charge in [0, 0.05) is 11.1 Å². The van der Waals surface area contributed by atoms with Crippen molar-refractivity contribution in [3.63, 3.8) is 0 Å². The Labute approximate surface area is 133 Å². The van der Waals surface area contributed by atoms with Crippen molar-refractivity contribution in [2.24, 2.45) is 0 Å². The van der Waals surface area contributed by atoms with Crippen LogP contribution in [0.25, 0.3) is 0 Å². The van der Waals surface area contributed by atoms with Crippen molar-refractivity contribution in [2.75, 3.05) is 5.73 Å². The summed E-state index contributed by atoms with van der Waals surface area (Å²) in [5.74, 6) is 0.436. The van der Waals surface area contributed by atoms with E-state index < -0.39 is 0 Å². The average Bonchev–Trinajstić information content (AvgIpc) is 2.42. The quantitative estimate of drug-likeness (QED) is 0.633. The first-order chi connectivity index (χ1) is 10.1. The second kappa shape index (κ2) is 5.70. The molecule has 0 atom stereocenters. The minimum Gasteiger partial charge on any atom is -0.396 e. The molecular formula is C17H15Cl2NO. The minimum absolute atomic E-state index is 0.0544. The van der Waals surface area contributed by atoms with E-state index in [1.54, 1.807) is 12.1 Å². The van der Waals surface area contributed by atoms with Crippen molar-refractivity contribution in [3.8, 4) is 0 Å². The van der Waals surface area contributed by atoms with Crippen LogP contribution in [0.15, 0.2) is 36.4 Å². The predicted molar refractivity (Wildman–Crippen MR) is 87.3 cm³/mol. The summed E-state index contributed by atoms with van der Waals surface area (Å²) in [4.78, 5) is 12.8. The van der Waals surface area contributed by atoms with E-state index >= 15 is 0 Å². The Morgan fingerprint density at radius 2 is 1.71 bits per heavy atom. The zero-order valence-corrected chi connectivity index (χ0v) is 12.9. The Kier molecular flexibility index (Phi) is 3.92. The maximum atomic E-state index is 12.8. The zero-order valence-electron chi connectivity index (χ0n) is 11.4. The van der Waals surface area contributed by atoms with Crippen LogP contribution in [-0.2, 0) is 0 Å². The van der Waals surface area contributed by atoms with E-state index in [0.29, 0.717) is 27.2 Å². The third-order valence-electron chi connectivity index (χ3n) is 4.09. The van der Waals surface area contributed by atoms with Gasteiger partial charge in [0.05, 0.1) is 15.7 Å². The molecule has 0 unspecified atom stereocenters. The zero-order chi connectivity index (χ0) is 15.0. The van der Waals surface area contributed by atoms with Crippen molar-refractivity contribution in [3.05, 3.63) is 63.1 Å². The van der Waals surface area contributed by atoms with Crippen molar-refractivity contribution in [1.82, 2.24) is 0 Å². The molecule has 108 valence electrons. The number of halogens is 2. The van der Waals surface area contributed by atoms with Crippen LogP contribution in [0.1, 0.15) is 46.7 Å². The van der Waals surface area contributed by atoms with Crippen LogP contribution in [0.5, 0.6) is 0 Å². The summed E-state index contributed by atoms with van der Waals surface area (Å²) >= 11 is 12.1. The predicted octanol–water partition coefficient (Wildman–Crippen LogP) is 5.07. The number of carbonyl (C=O) groups excluding carboxylic acids is 1. The summed E-state index contributed by atoms with van der Waals surface area (Å²) in [5, 5.41) is 0.624. The van der Waals surface area contributed by atoms with Gasteiger partial charge in [0.15, 0.2) is 5.78 Å². The highest BCUT2D eigenvalue weighted by Crippen LogP contribution is 2.39. The summed E-state index contributed by atoms with van der Waals surface area (Å²) in [6, 6.07) is 10.9. The molecule has 0 amide bonds. The highest BCUT2D eigenvalue weighted by Gasteiger charge is 2.25. The van der Waals surface area contributed by atoms with Gasteiger partial charge in [0.2, 0.25) is 0 Å². The standard InChI is InChI=1S/C17H15Cl2NO/c18-14-8-11(9-15(19)16(14)20)17(21)13-7-2-1-6-12(13)10-4-3-5-10/h1-2,6-10H,3-5,20H2. The van der Waals surface area contributed by atoms with Crippen LogP contribution < -0.4 is 5.73 Å². The van der Waals surface area contributed by atoms with E-state index in [2.05, 4.69) is 0 Å². The topological polar surface area (TPSA) is 43.1 Å². The molecule has 0 heterocycles. The lowest BCUT2D eigenvalue weighted by Gasteiger charge is -2.27. The molecule has 21 heavy (non-hydrogen) atoms. The summed E-state index contributed by atoms with van der Waals surface area (Å²) in [6.45, 7) is 0. The van der Waals surface area contributed by atoms with Crippen molar-refractivity contribution >= 4 is 34.7 Å². The Balaban J connectivity index is 2.03. The van der Waals surface area contributed by atoms with Gasteiger partial charge < -0.3 is 5.73 Å². The number of nitrogen functional groups attached to an aromatic ring is 1. The molecule has 1 aliphatic carbocycles. The van der Waals surface area contributed by atoms with Gasteiger partial charge >= 0.3 is 0 Å². The fourth-order valence-electron chi connectivity index (χ4n) is 2.65. The third-order valence-corrected chi connectivity index (χ3v) is 4.72. The van der Waals surface area contributed by atoms with Crippen LogP contribution in [0.4, 0.5) is 5.69 Å². The maximum absolute atomic E-state index is 12.8. The summed E-state index contributed by atoms with van der Waals surface area (Å²) in [7, 11) is 0. The first-order valence-electron chi connectivity index (χ1n) is 6.96. The van der Waals surface area contributed by atoms with E-state index in [-0.39, 0.29) is 5.78 Å². The molecular weight excluding hydrogens is 305 g/mol. The van der Waals surface area contributed by atoms with E-state index in [9.17, 15) is 4.79 Å². The molecule has 1 saturated carbocycles. The fourth-order valence-corrected chi connectivity index (χ4v) is 3.14. The van der Waals surface area contributed by atoms with Crippen molar-refractivity contribution < 1.29 is 4.79 Å². The molecule has 4 heteroatoms. The van der Waals surface area contributed by atoms with E-state index in [4.69, 9.17) is 28.9 Å². The lowest BCUT2D eigenvalue weighted by Crippen LogP contribution is -2.14. The third kappa shape index (κ3) is 2.66. The number of anilines is 1. The lowest BCUT2D eigenvalue weighted by molar-refractivity contribution is 0.103. The molecule has 1 aliphatic rings. The lowest BCUT2D eigenvalue weighted by atomic mass is 9.77. The van der Waals surface area contributed by atoms with Gasteiger partial charge in [0.25, 0.3) is 0 Å². The first kappa shape index (κ1) is 14.4. The Morgan fingerprint density at radius 3 is 2.29 bits per heavy atom. The molecule has 3 rings (SSSR count). The van der Waals surface area contributed by atoms with E-state index in [1.165, 1.54) is 6.42 Å². The van der Waals surface area contributed by atoms with Crippen LogP contribution in [0.2, 0.25) is 10.0 Å². The van der Waals surface area contributed by atoms with Crippen molar-refractivity contribution in [2.45, 2.75) is 25.2 Å². The average molecular weight is 320 g/mol. The highest BCUT2D eigenvalue weighted by atomic mass is 35.5. The first-order valence-corrected chi connectivity index (χ1v) is 7.71. The number of rotatable bonds is 3. The molecule has 2 N–H and O–H groups in total. The summed E-state index contributed by atoms with van der Waals surface area (Å²) < 4.78 is 0. The molecule has 2 nitrogen and oxygen atoms in total. The molecule has 1 fully saturated rings. The van der Waals surface area contributed by atoms with Gasteiger partial charge in [-0.15, -0.1) is 0 Å². The van der Waals surface area contributed by atoms with Crippen LogP contribution in [0, 0.1) is 0 Å². The second-order valence-corrected chi connectivity index (χ2v) is 6.21. The number of nitrogens with two attached hydrogens (primary N) is 1. The van der Waals surface area contributed by atoms with Gasteiger partial charge in [-0.1, -0.05) is 53.9 Å². The van der Waals surface area contributed by atoms with Gasteiger partial charge in [0.1, 0.15) is 0 Å². The molecule has 0 aromatic heterocycles. The SMILES string of the molecule is Nc1c(Cl)cc(C(=O)c2ccccc2C2CCC2)cc1Cl. The number of hydrogen-bond acceptors (Lipinski definition) is 2. The summed E-state index contributed by atoms with van der Waals surface area (Å²) in [6.07, 6.45) is 3.52. The maximum Gasteiger partial charge on any atom is 0.193 e. The van der Waals surface area contributed by atoms with Gasteiger partial charge in [-0.2, -0.15) is 0 Å². The highest BCUT2D eigenvalue weighted by molar-refractivity contribution is 6.39. The Hall–Kier alpha value is -1.51. The Morgan fingerprint density at radius 1 is 1.10 bits per heavy atom. The molecule has 0 saturated heterocycles. The molecule has 2 aromatic rings. The van der Waals surface area contributed by atoms with E-state index in [0.717, 1.165) is 24.0 Å². The largest absolute Gasteiger partial charge is 0.396 e. The molecule has 0 spiro atoms. The smallest absolute Gasteiger partial charge is 0.193 e. The van der Waals surface area contributed by atoms with Gasteiger partial charge in [-0.3, -0.25) is 4.79 Å². The Bertz CT molecular complexity index is 685. The monoisotopic (exact) mass is 319 g/mol. The van der Waals surface area contributed by atoms with Crippen LogP contribution >= 0.6 is 23.2 Å². The molecule has 0 radical (unpaired) electrons. The van der Waals surface area contributed by atoms with Gasteiger partial charge in [-0.05, 0) is 36.5 Å². The fraction of sp³-hybridized carbons (Fsp3) is 0.235. The second-order valence-electron chi connectivity index (χ2n) is 5.40. The number of hydrogen-bond donors (Lipinski definition) is 1. The van der Waals surface area contributed by atoms with E-state index in [1.807, 2.05) is 24.3 Å². The van der Waals surface area contributed by atoms with Crippen molar-refractivity contribution in [1.29, 1.82) is 0 Å². The number of benzene rings is 2. The normalized spacial score (nSPS) is 14.8.